The summed E-state index contributed by atoms with van der Waals surface area (Å²) in [6, 6.07) is 49.1. The normalized spacial score (nSPS) is 10.7. The van der Waals surface area contributed by atoms with Crippen LogP contribution in [0.25, 0.3) is 11.1 Å². The van der Waals surface area contributed by atoms with Gasteiger partial charge in [-0.3, -0.25) is 9.59 Å². The highest BCUT2D eigenvalue weighted by atomic mass is 16.1. The Balaban J connectivity index is 1.33. The molecule has 0 unspecified atom stereocenters. The number of aldehydes is 2. The molecule has 4 nitrogen and oxygen atoms in total. The van der Waals surface area contributed by atoms with Crippen LogP contribution in [0.1, 0.15) is 31.8 Å². The molecular weight excluding hydrogens is 540 g/mol. The second-order valence-corrected chi connectivity index (χ2v) is 10.8. The van der Waals surface area contributed by atoms with Gasteiger partial charge in [0.25, 0.3) is 0 Å². The van der Waals surface area contributed by atoms with Gasteiger partial charge in [0, 0.05) is 45.3 Å². The lowest BCUT2D eigenvalue weighted by molar-refractivity contribution is 0.111. The van der Waals surface area contributed by atoms with Crippen molar-refractivity contribution in [1.29, 1.82) is 0 Å². The van der Waals surface area contributed by atoms with Gasteiger partial charge in [-0.15, -0.1) is 0 Å². The third kappa shape index (κ3) is 5.79. The highest BCUT2D eigenvalue weighted by Gasteiger charge is 2.16. The molecule has 6 rings (SSSR count). The first kappa shape index (κ1) is 28.4. The van der Waals surface area contributed by atoms with Gasteiger partial charge in [-0.05, 0) is 121 Å². The minimum atomic E-state index is 0.649. The van der Waals surface area contributed by atoms with Gasteiger partial charge >= 0.3 is 0 Å². The van der Waals surface area contributed by atoms with E-state index in [-0.39, 0.29) is 0 Å². The second kappa shape index (κ2) is 12.6. The largest absolute Gasteiger partial charge is 0.310 e. The Labute approximate surface area is 258 Å². The van der Waals surface area contributed by atoms with E-state index in [4.69, 9.17) is 0 Å². The fourth-order valence-electron chi connectivity index (χ4n) is 5.49. The van der Waals surface area contributed by atoms with E-state index >= 15 is 0 Å². The molecule has 6 aromatic carbocycles. The molecule has 0 saturated carbocycles. The summed E-state index contributed by atoms with van der Waals surface area (Å²) in [6.07, 6.45) is 1.73. The molecule has 0 fully saturated rings. The van der Waals surface area contributed by atoms with Crippen LogP contribution in [-0.2, 0) is 0 Å². The van der Waals surface area contributed by atoms with Crippen molar-refractivity contribution < 1.29 is 9.59 Å². The average Bonchev–Trinajstić information content (AvgIpc) is 3.08. The third-order valence-corrected chi connectivity index (χ3v) is 7.87. The van der Waals surface area contributed by atoms with Gasteiger partial charge in [0.2, 0.25) is 0 Å². The molecule has 0 aliphatic heterocycles. The molecule has 0 saturated heterocycles. The third-order valence-electron chi connectivity index (χ3n) is 7.87. The Hall–Kier alpha value is -5.74. The van der Waals surface area contributed by atoms with Crippen LogP contribution in [0.3, 0.4) is 0 Å². The molecule has 0 atom stereocenters. The van der Waals surface area contributed by atoms with Crippen LogP contribution in [-0.4, -0.2) is 12.6 Å². The molecule has 0 aliphatic carbocycles. The monoisotopic (exact) mass is 572 g/mol. The van der Waals surface area contributed by atoms with Crippen molar-refractivity contribution in [3.63, 3.8) is 0 Å². The number of hydrogen-bond donors (Lipinski definition) is 0. The van der Waals surface area contributed by atoms with Crippen LogP contribution in [0.4, 0.5) is 34.1 Å². The summed E-state index contributed by atoms with van der Waals surface area (Å²) in [6.45, 7) is 4.21. The maximum atomic E-state index is 11.3. The first-order valence-corrected chi connectivity index (χ1v) is 14.6. The predicted molar refractivity (Wildman–Crippen MR) is 181 cm³/mol. The minimum absolute atomic E-state index is 0.649. The number of benzene rings is 6. The summed E-state index contributed by atoms with van der Waals surface area (Å²) in [5.41, 5.74) is 12.0. The maximum Gasteiger partial charge on any atom is 0.150 e. The standard InChI is InChI=1S/C40H32N2O2/c1-29-7-3-5-9-39(29)41(35-19-11-31(27-43)12-20-35)37-23-15-33(16-24-37)34-17-25-38(26-18-34)42(40-10-6-4-8-30(40)2)36-21-13-32(28-44)14-22-36/h3-28H,1-2H3. The van der Waals surface area contributed by atoms with Crippen molar-refractivity contribution in [3.05, 3.63) is 168 Å². The molecule has 44 heavy (non-hydrogen) atoms. The topological polar surface area (TPSA) is 40.6 Å². The van der Waals surface area contributed by atoms with E-state index in [9.17, 15) is 9.59 Å². The van der Waals surface area contributed by atoms with Crippen molar-refractivity contribution in [2.24, 2.45) is 0 Å². The summed E-state index contributed by atoms with van der Waals surface area (Å²) in [4.78, 5) is 27.0. The molecule has 6 aromatic rings. The molecular formula is C40H32N2O2. The molecule has 0 radical (unpaired) electrons. The zero-order valence-corrected chi connectivity index (χ0v) is 24.7. The molecule has 0 heterocycles. The first-order valence-electron chi connectivity index (χ1n) is 14.6. The van der Waals surface area contributed by atoms with E-state index < -0.39 is 0 Å². The molecule has 0 aliphatic rings. The van der Waals surface area contributed by atoms with Crippen LogP contribution in [0, 0.1) is 13.8 Å². The molecule has 0 spiro atoms. The van der Waals surface area contributed by atoms with Gasteiger partial charge < -0.3 is 9.80 Å². The van der Waals surface area contributed by atoms with Crippen LogP contribution >= 0.6 is 0 Å². The van der Waals surface area contributed by atoms with Crippen molar-refractivity contribution in [2.45, 2.75) is 13.8 Å². The Kier molecular flexibility index (Phi) is 8.15. The second-order valence-electron chi connectivity index (χ2n) is 10.8. The minimum Gasteiger partial charge on any atom is -0.310 e. The number of hydrogen-bond acceptors (Lipinski definition) is 4. The van der Waals surface area contributed by atoms with E-state index in [2.05, 4.69) is 96.4 Å². The molecule has 0 N–H and O–H groups in total. The van der Waals surface area contributed by atoms with Gasteiger partial charge in [0.15, 0.2) is 0 Å². The lowest BCUT2D eigenvalue weighted by atomic mass is 10.0. The fraction of sp³-hybridized carbons (Fsp3) is 0.0500. The van der Waals surface area contributed by atoms with E-state index in [1.807, 2.05) is 72.8 Å². The van der Waals surface area contributed by atoms with Crippen molar-refractivity contribution in [3.8, 4) is 11.1 Å². The highest BCUT2D eigenvalue weighted by Crippen LogP contribution is 2.39. The predicted octanol–water partition coefficient (Wildman–Crippen LogP) is 10.5. The average molecular weight is 573 g/mol. The van der Waals surface area contributed by atoms with Gasteiger partial charge in [0.05, 0.1) is 0 Å². The summed E-state index contributed by atoms with van der Waals surface area (Å²) in [7, 11) is 0. The van der Waals surface area contributed by atoms with Gasteiger partial charge in [-0.1, -0.05) is 60.7 Å². The quantitative estimate of drug-likeness (QED) is 0.162. The first-order chi connectivity index (χ1) is 21.6. The zero-order valence-electron chi connectivity index (χ0n) is 24.7. The SMILES string of the molecule is Cc1ccccc1N(c1ccc(C=O)cc1)c1ccc(-c2ccc(N(c3ccc(C=O)cc3)c3ccccc3C)cc2)cc1. The van der Waals surface area contributed by atoms with Crippen LogP contribution in [0.15, 0.2) is 146 Å². The van der Waals surface area contributed by atoms with Crippen LogP contribution in [0.5, 0.6) is 0 Å². The van der Waals surface area contributed by atoms with Crippen LogP contribution < -0.4 is 9.80 Å². The lowest BCUT2D eigenvalue weighted by Crippen LogP contribution is -2.11. The number of para-hydroxylation sites is 2. The molecule has 214 valence electrons. The Bertz CT molecular complexity index is 1750. The number of anilines is 6. The fourth-order valence-corrected chi connectivity index (χ4v) is 5.49. The summed E-state index contributed by atoms with van der Waals surface area (Å²) in [5.74, 6) is 0. The molecule has 0 aromatic heterocycles. The molecule has 4 heteroatoms. The number of carbonyl (C=O) groups is 2. The van der Waals surface area contributed by atoms with Crippen LogP contribution in [0.2, 0.25) is 0 Å². The van der Waals surface area contributed by atoms with Gasteiger partial charge in [0.1, 0.15) is 12.6 Å². The van der Waals surface area contributed by atoms with E-state index in [1.54, 1.807) is 0 Å². The molecule has 0 amide bonds. The summed E-state index contributed by atoms with van der Waals surface area (Å²) < 4.78 is 0. The number of aryl methyl sites for hydroxylation is 2. The van der Waals surface area contributed by atoms with Gasteiger partial charge in [-0.2, -0.15) is 0 Å². The maximum absolute atomic E-state index is 11.3. The Morgan fingerprint density at radius 2 is 0.682 bits per heavy atom. The highest BCUT2D eigenvalue weighted by molar-refractivity contribution is 5.84. The lowest BCUT2D eigenvalue weighted by Gasteiger charge is -2.27. The van der Waals surface area contributed by atoms with Crippen molar-refractivity contribution >= 4 is 46.7 Å². The van der Waals surface area contributed by atoms with Gasteiger partial charge in [-0.25, -0.2) is 0 Å². The van der Waals surface area contributed by atoms with E-state index in [0.717, 1.165) is 69.0 Å². The smallest absolute Gasteiger partial charge is 0.150 e. The Morgan fingerprint density at radius 3 is 0.977 bits per heavy atom. The van der Waals surface area contributed by atoms with E-state index in [0.29, 0.717) is 11.1 Å². The van der Waals surface area contributed by atoms with Crippen molar-refractivity contribution in [1.82, 2.24) is 0 Å². The summed E-state index contributed by atoms with van der Waals surface area (Å²) >= 11 is 0. The Morgan fingerprint density at radius 1 is 0.386 bits per heavy atom. The van der Waals surface area contributed by atoms with E-state index in [1.165, 1.54) is 0 Å². The summed E-state index contributed by atoms with van der Waals surface area (Å²) in [5, 5.41) is 0. The molecule has 0 bridgehead atoms. The number of nitrogens with zero attached hydrogens (tertiary/aromatic N) is 2. The number of carbonyl (C=O) groups excluding carboxylic acids is 2. The zero-order chi connectivity index (χ0) is 30.5. The number of rotatable bonds is 9. The van der Waals surface area contributed by atoms with Crippen molar-refractivity contribution in [2.75, 3.05) is 9.80 Å².